The first-order valence-electron chi connectivity index (χ1n) is 9.16. The standard InChI is InChI=1S/C19H21BrN6O2/c1-10(2)26-17-14(8-21-26)13(7-15(22-17)11-4-5-11)18(27)23-24-19(28)16-6-12(20)9-25(16)3/h6-11H,4-5H2,1-3H3,(H,23,27)(H,24,28). The lowest BCUT2D eigenvalue weighted by molar-refractivity contribution is 0.0843. The maximum atomic E-state index is 12.9. The van der Waals surface area contributed by atoms with Crippen molar-refractivity contribution >= 4 is 38.8 Å². The summed E-state index contributed by atoms with van der Waals surface area (Å²) in [6.45, 7) is 4.05. The third-order valence-electron chi connectivity index (χ3n) is 4.81. The van der Waals surface area contributed by atoms with E-state index in [9.17, 15) is 9.59 Å². The summed E-state index contributed by atoms with van der Waals surface area (Å²) < 4.78 is 4.28. The van der Waals surface area contributed by atoms with Crippen LogP contribution in [0.5, 0.6) is 0 Å². The van der Waals surface area contributed by atoms with Gasteiger partial charge in [-0.05, 0) is 54.8 Å². The summed E-state index contributed by atoms with van der Waals surface area (Å²) in [5.41, 5.74) is 7.49. The number of hydrazine groups is 1. The summed E-state index contributed by atoms with van der Waals surface area (Å²) >= 11 is 3.33. The highest BCUT2D eigenvalue weighted by atomic mass is 79.9. The predicted molar refractivity (Wildman–Crippen MR) is 108 cm³/mol. The third kappa shape index (κ3) is 3.42. The molecule has 28 heavy (non-hydrogen) atoms. The quantitative estimate of drug-likeness (QED) is 0.604. The minimum Gasteiger partial charge on any atom is -0.345 e. The second kappa shape index (κ2) is 7.05. The summed E-state index contributed by atoms with van der Waals surface area (Å²) in [6.07, 6.45) is 5.58. The van der Waals surface area contributed by atoms with Crippen molar-refractivity contribution in [2.45, 2.75) is 38.6 Å². The lowest BCUT2D eigenvalue weighted by Gasteiger charge is -2.11. The zero-order valence-corrected chi connectivity index (χ0v) is 17.4. The zero-order chi connectivity index (χ0) is 20.0. The van der Waals surface area contributed by atoms with Crippen molar-refractivity contribution in [3.63, 3.8) is 0 Å². The van der Waals surface area contributed by atoms with Crippen LogP contribution >= 0.6 is 15.9 Å². The molecule has 0 saturated heterocycles. The fraction of sp³-hybridized carbons (Fsp3) is 0.368. The number of amides is 2. The van der Waals surface area contributed by atoms with Crippen molar-refractivity contribution in [1.82, 2.24) is 30.2 Å². The first kappa shape index (κ1) is 18.7. The molecule has 3 aromatic rings. The van der Waals surface area contributed by atoms with E-state index in [0.717, 1.165) is 23.0 Å². The summed E-state index contributed by atoms with van der Waals surface area (Å²) in [7, 11) is 1.76. The van der Waals surface area contributed by atoms with Crippen LogP contribution in [0.2, 0.25) is 0 Å². The van der Waals surface area contributed by atoms with Gasteiger partial charge in [0.05, 0.1) is 17.1 Å². The van der Waals surface area contributed by atoms with Crippen LogP contribution in [0.15, 0.2) is 29.0 Å². The smallest absolute Gasteiger partial charge is 0.286 e. The van der Waals surface area contributed by atoms with E-state index >= 15 is 0 Å². The Morgan fingerprint density at radius 2 is 1.93 bits per heavy atom. The lowest BCUT2D eigenvalue weighted by Crippen LogP contribution is -2.42. The minimum atomic E-state index is -0.396. The Morgan fingerprint density at radius 1 is 1.21 bits per heavy atom. The molecule has 3 heterocycles. The number of pyridine rings is 1. The van der Waals surface area contributed by atoms with Gasteiger partial charge in [-0.2, -0.15) is 5.10 Å². The maximum absolute atomic E-state index is 12.9. The Balaban J connectivity index is 1.61. The number of nitrogens with zero attached hydrogens (tertiary/aromatic N) is 4. The molecule has 2 amide bonds. The first-order valence-corrected chi connectivity index (χ1v) is 9.95. The van der Waals surface area contributed by atoms with E-state index in [0.29, 0.717) is 28.2 Å². The van der Waals surface area contributed by atoms with E-state index in [1.54, 1.807) is 30.1 Å². The zero-order valence-electron chi connectivity index (χ0n) is 15.9. The van der Waals surface area contributed by atoms with Crippen LogP contribution in [0.1, 0.15) is 65.2 Å². The van der Waals surface area contributed by atoms with E-state index < -0.39 is 5.91 Å². The highest BCUT2D eigenvalue weighted by Gasteiger charge is 2.28. The number of carbonyl (C=O) groups is 2. The number of rotatable bonds is 4. The molecule has 1 saturated carbocycles. The Morgan fingerprint density at radius 3 is 2.54 bits per heavy atom. The van der Waals surface area contributed by atoms with Crippen LogP contribution in [-0.4, -0.2) is 31.1 Å². The first-order chi connectivity index (χ1) is 13.3. The lowest BCUT2D eigenvalue weighted by atomic mass is 10.1. The summed E-state index contributed by atoms with van der Waals surface area (Å²) in [5.74, 6) is -0.395. The number of hydrogen-bond acceptors (Lipinski definition) is 4. The summed E-state index contributed by atoms with van der Waals surface area (Å²) in [5, 5.41) is 5.07. The largest absolute Gasteiger partial charge is 0.345 e. The van der Waals surface area contributed by atoms with Gasteiger partial charge in [-0.1, -0.05) is 0 Å². The van der Waals surface area contributed by atoms with E-state index in [4.69, 9.17) is 4.98 Å². The molecule has 1 fully saturated rings. The number of hydrogen-bond donors (Lipinski definition) is 2. The summed E-state index contributed by atoms with van der Waals surface area (Å²) in [4.78, 5) is 30.0. The number of nitrogens with one attached hydrogen (secondary N) is 2. The second-order valence-electron chi connectivity index (χ2n) is 7.35. The fourth-order valence-corrected chi connectivity index (χ4v) is 3.71. The van der Waals surface area contributed by atoms with E-state index in [2.05, 4.69) is 31.9 Å². The van der Waals surface area contributed by atoms with Crippen molar-refractivity contribution < 1.29 is 9.59 Å². The van der Waals surface area contributed by atoms with Gasteiger partial charge < -0.3 is 4.57 Å². The highest BCUT2D eigenvalue weighted by Crippen LogP contribution is 2.40. The SMILES string of the molecule is CC(C)n1ncc2c(C(=O)NNC(=O)c3cc(Br)cn3C)cc(C3CC3)nc21. The van der Waals surface area contributed by atoms with Gasteiger partial charge in [-0.25, -0.2) is 9.67 Å². The van der Waals surface area contributed by atoms with Gasteiger partial charge >= 0.3 is 0 Å². The van der Waals surface area contributed by atoms with Crippen molar-refractivity contribution in [2.75, 3.05) is 0 Å². The van der Waals surface area contributed by atoms with E-state index in [1.165, 1.54) is 0 Å². The van der Waals surface area contributed by atoms with Gasteiger partial charge in [0, 0.05) is 35.4 Å². The molecule has 1 aliphatic rings. The molecule has 0 unspecified atom stereocenters. The molecule has 9 heteroatoms. The number of carbonyl (C=O) groups excluding carboxylic acids is 2. The molecule has 0 radical (unpaired) electrons. The molecule has 2 N–H and O–H groups in total. The molecule has 4 rings (SSSR count). The second-order valence-corrected chi connectivity index (χ2v) is 8.27. The average Bonchev–Trinajstić information content (AvgIpc) is 3.32. The molecular weight excluding hydrogens is 424 g/mol. The van der Waals surface area contributed by atoms with Gasteiger partial charge in [0.25, 0.3) is 11.8 Å². The van der Waals surface area contributed by atoms with Crippen molar-refractivity contribution in [1.29, 1.82) is 0 Å². The number of fused-ring (bicyclic) bond motifs is 1. The van der Waals surface area contributed by atoms with Crippen LogP contribution < -0.4 is 10.9 Å². The topological polar surface area (TPSA) is 93.8 Å². The maximum Gasteiger partial charge on any atom is 0.286 e. The molecule has 0 spiro atoms. The molecule has 0 atom stereocenters. The molecule has 0 bridgehead atoms. The molecule has 0 aliphatic heterocycles. The normalized spacial score (nSPS) is 13.9. The van der Waals surface area contributed by atoms with Gasteiger partial charge in [-0.3, -0.25) is 20.4 Å². The monoisotopic (exact) mass is 444 g/mol. The number of aryl methyl sites for hydroxylation is 1. The number of halogens is 1. The Labute approximate surface area is 170 Å². The van der Waals surface area contributed by atoms with Crippen LogP contribution in [0.25, 0.3) is 11.0 Å². The van der Waals surface area contributed by atoms with Crippen LogP contribution in [0, 0.1) is 0 Å². The van der Waals surface area contributed by atoms with E-state index in [-0.39, 0.29) is 11.9 Å². The molecule has 1 aliphatic carbocycles. The molecule has 8 nitrogen and oxygen atoms in total. The number of aromatic nitrogens is 4. The predicted octanol–water partition coefficient (Wildman–Crippen LogP) is 3.07. The molecule has 0 aromatic carbocycles. The van der Waals surface area contributed by atoms with Crippen molar-refractivity contribution in [3.8, 4) is 0 Å². The average molecular weight is 445 g/mol. The van der Waals surface area contributed by atoms with Crippen LogP contribution in [0.3, 0.4) is 0 Å². The summed E-state index contributed by atoms with van der Waals surface area (Å²) in [6, 6.07) is 3.63. The Bertz CT molecular complexity index is 1080. The molecular formula is C19H21BrN6O2. The Hall–Kier alpha value is -2.68. The van der Waals surface area contributed by atoms with Crippen molar-refractivity contribution in [3.05, 3.63) is 46.0 Å². The van der Waals surface area contributed by atoms with Gasteiger partial charge in [-0.15, -0.1) is 0 Å². The van der Waals surface area contributed by atoms with Crippen LogP contribution in [0.4, 0.5) is 0 Å². The minimum absolute atomic E-state index is 0.130. The van der Waals surface area contributed by atoms with Crippen LogP contribution in [-0.2, 0) is 7.05 Å². The van der Waals surface area contributed by atoms with Gasteiger partial charge in [0.2, 0.25) is 0 Å². The molecule has 146 valence electrons. The van der Waals surface area contributed by atoms with E-state index in [1.807, 2.05) is 24.6 Å². The highest BCUT2D eigenvalue weighted by molar-refractivity contribution is 9.10. The van der Waals surface area contributed by atoms with Gasteiger partial charge in [0.1, 0.15) is 5.69 Å². The fourth-order valence-electron chi connectivity index (χ4n) is 3.19. The third-order valence-corrected chi connectivity index (χ3v) is 5.24. The Kier molecular flexibility index (Phi) is 4.70. The van der Waals surface area contributed by atoms with Crippen molar-refractivity contribution in [2.24, 2.45) is 7.05 Å². The van der Waals surface area contributed by atoms with Gasteiger partial charge in [0.15, 0.2) is 5.65 Å². The molecule has 3 aromatic heterocycles.